The molecule has 1 N–H and O–H groups in total. The molecule has 1 aromatic heterocycles. The van der Waals surface area contributed by atoms with Gasteiger partial charge in [0.05, 0.1) is 11.3 Å². The minimum absolute atomic E-state index is 0.0234. The van der Waals surface area contributed by atoms with E-state index in [1.165, 1.54) is 30.0 Å². The second-order valence-electron chi connectivity index (χ2n) is 7.10. The molecule has 0 unspecified atom stereocenters. The molecular weight excluding hydrogens is 463 g/mol. The maximum Gasteiger partial charge on any atom is 0.258 e. The van der Waals surface area contributed by atoms with Crippen molar-refractivity contribution < 1.29 is 14.0 Å². The maximum absolute atomic E-state index is 13.8. The number of rotatable bonds is 7. The molecule has 0 bridgehead atoms. The Morgan fingerprint density at radius 2 is 1.70 bits per heavy atom. The van der Waals surface area contributed by atoms with Gasteiger partial charge < -0.3 is 9.88 Å². The lowest BCUT2D eigenvalue weighted by Crippen LogP contribution is -2.13. The van der Waals surface area contributed by atoms with Crippen molar-refractivity contribution in [3.63, 3.8) is 0 Å². The second-order valence-corrected chi connectivity index (χ2v) is 8.47. The zero-order chi connectivity index (χ0) is 23.4. The largest absolute Gasteiger partial charge is 0.322 e. The first-order chi connectivity index (χ1) is 15.9. The fraction of sp³-hybridized carbons (Fsp3) is 0.0833. The number of thioether (sulfide) groups is 1. The third kappa shape index (κ3) is 5.30. The molecule has 0 spiro atoms. The maximum atomic E-state index is 13.8. The Balaban J connectivity index is 1.41. The van der Waals surface area contributed by atoms with Gasteiger partial charge in [0.2, 0.25) is 0 Å². The lowest BCUT2D eigenvalue weighted by molar-refractivity contribution is 0.101. The number of ketones is 1. The van der Waals surface area contributed by atoms with Crippen molar-refractivity contribution in [1.82, 2.24) is 14.8 Å². The molecular formula is C24H18ClFN4O2S. The number of Topliss-reactive ketones (excluding diaryl/α,β-unsaturated/α-hetero) is 1. The van der Waals surface area contributed by atoms with Gasteiger partial charge in [0.25, 0.3) is 5.91 Å². The predicted molar refractivity (Wildman–Crippen MR) is 127 cm³/mol. The van der Waals surface area contributed by atoms with Gasteiger partial charge >= 0.3 is 0 Å². The van der Waals surface area contributed by atoms with Gasteiger partial charge in [-0.05, 0) is 60.7 Å². The summed E-state index contributed by atoms with van der Waals surface area (Å²) in [5.74, 6) is -0.303. The van der Waals surface area contributed by atoms with Crippen molar-refractivity contribution in [3.8, 4) is 11.4 Å². The highest BCUT2D eigenvalue weighted by molar-refractivity contribution is 7.99. The molecule has 0 aliphatic heterocycles. The molecule has 0 aliphatic rings. The van der Waals surface area contributed by atoms with E-state index in [1.807, 2.05) is 7.05 Å². The number of halogens is 2. The number of hydrogen-bond acceptors (Lipinski definition) is 5. The van der Waals surface area contributed by atoms with Crippen LogP contribution in [0.2, 0.25) is 5.02 Å². The topological polar surface area (TPSA) is 76.9 Å². The van der Waals surface area contributed by atoms with Crippen molar-refractivity contribution in [3.05, 3.63) is 94.8 Å². The van der Waals surface area contributed by atoms with Crippen molar-refractivity contribution in [1.29, 1.82) is 0 Å². The molecule has 0 fully saturated rings. The quantitative estimate of drug-likeness (QED) is 0.279. The molecule has 4 aromatic rings. The standard InChI is InChI=1S/C24H18ClFN4O2S/c1-30-22(28-29-24(30)33-14-21(31)15-6-10-17(25)11-7-15)16-8-12-18(13-9-16)27-23(32)19-4-2-3-5-20(19)26/h2-13H,14H2,1H3,(H,27,32). The predicted octanol–water partition coefficient (Wildman–Crippen LogP) is 5.50. The van der Waals surface area contributed by atoms with Crippen LogP contribution in [0.4, 0.5) is 10.1 Å². The number of carbonyl (C=O) groups is 2. The van der Waals surface area contributed by atoms with E-state index < -0.39 is 11.7 Å². The van der Waals surface area contributed by atoms with Crippen molar-refractivity contribution in [2.45, 2.75) is 5.16 Å². The minimum atomic E-state index is -0.578. The fourth-order valence-corrected chi connectivity index (χ4v) is 4.02. The summed E-state index contributed by atoms with van der Waals surface area (Å²) in [5.41, 5.74) is 1.87. The molecule has 0 saturated carbocycles. The van der Waals surface area contributed by atoms with E-state index in [4.69, 9.17) is 11.6 Å². The van der Waals surface area contributed by atoms with Crippen molar-refractivity contribution in [2.75, 3.05) is 11.1 Å². The number of nitrogens with zero attached hydrogens (tertiary/aromatic N) is 3. The first-order valence-corrected chi connectivity index (χ1v) is 11.3. The number of aromatic nitrogens is 3. The molecule has 166 valence electrons. The van der Waals surface area contributed by atoms with E-state index >= 15 is 0 Å². The van der Waals surface area contributed by atoms with Gasteiger partial charge in [-0.1, -0.05) is 35.5 Å². The van der Waals surface area contributed by atoms with Crippen LogP contribution in [0.1, 0.15) is 20.7 Å². The summed E-state index contributed by atoms with van der Waals surface area (Å²) in [6.45, 7) is 0. The third-order valence-electron chi connectivity index (χ3n) is 4.85. The molecule has 0 radical (unpaired) electrons. The molecule has 0 aliphatic carbocycles. The summed E-state index contributed by atoms with van der Waals surface area (Å²) in [5, 5.41) is 12.3. The van der Waals surface area contributed by atoms with Crippen LogP contribution in [0.3, 0.4) is 0 Å². The van der Waals surface area contributed by atoms with Crippen LogP contribution in [0.25, 0.3) is 11.4 Å². The number of hydrogen-bond donors (Lipinski definition) is 1. The molecule has 0 saturated heterocycles. The second kappa shape index (κ2) is 9.97. The zero-order valence-corrected chi connectivity index (χ0v) is 19.0. The van der Waals surface area contributed by atoms with E-state index in [9.17, 15) is 14.0 Å². The first kappa shape index (κ1) is 22.7. The number of amides is 1. The lowest BCUT2D eigenvalue weighted by atomic mass is 10.1. The monoisotopic (exact) mass is 480 g/mol. The average Bonchev–Trinajstić information content (AvgIpc) is 3.19. The Bertz CT molecular complexity index is 1310. The zero-order valence-electron chi connectivity index (χ0n) is 17.5. The van der Waals surface area contributed by atoms with Crippen LogP contribution in [-0.4, -0.2) is 32.2 Å². The van der Waals surface area contributed by atoms with Gasteiger partial charge in [0.1, 0.15) is 5.82 Å². The molecule has 0 atom stereocenters. The average molecular weight is 481 g/mol. The third-order valence-corrected chi connectivity index (χ3v) is 6.13. The van der Waals surface area contributed by atoms with Gasteiger partial charge in [-0.3, -0.25) is 9.59 Å². The van der Waals surface area contributed by atoms with Gasteiger partial charge in [-0.25, -0.2) is 4.39 Å². The van der Waals surface area contributed by atoms with Gasteiger partial charge in [-0.2, -0.15) is 0 Å². The van der Waals surface area contributed by atoms with Crippen molar-refractivity contribution >= 4 is 40.7 Å². The molecule has 6 nitrogen and oxygen atoms in total. The molecule has 1 heterocycles. The molecule has 3 aromatic carbocycles. The smallest absolute Gasteiger partial charge is 0.258 e. The summed E-state index contributed by atoms with van der Waals surface area (Å²) >= 11 is 7.16. The lowest BCUT2D eigenvalue weighted by Gasteiger charge is -2.08. The highest BCUT2D eigenvalue weighted by Gasteiger charge is 2.15. The van der Waals surface area contributed by atoms with Gasteiger partial charge in [0.15, 0.2) is 16.8 Å². The van der Waals surface area contributed by atoms with Crippen LogP contribution in [-0.2, 0) is 7.05 Å². The molecule has 9 heteroatoms. The Kier molecular flexibility index (Phi) is 6.86. The number of benzene rings is 3. The van der Waals surface area contributed by atoms with E-state index in [0.29, 0.717) is 27.3 Å². The number of nitrogens with one attached hydrogen (secondary N) is 1. The van der Waals surface area contributed by atoms with Crippen LogP contribution in [0, 0.1) is 5.82 Å². The SMILES string of the molecule is Cn1c(SCC(=O)c2ccc(Cl)cc2)nnc1-c1ccc(NC(=O)c2ccccc2F)cc1. The van der Waals surface area contributed by atoms with E-state index in [-0.39, 0.29) is 17.1 Å². The van der Waals surface area contributed by atoms with E-state index in [2.05, 4.69) is 15.5 Å². The summed E-state index contributed by atoms with van der Waals surface area (Å²) in [4.78, 5) is 24.7. The summed E-state index contributed by atoms with van der Waals surface area (Å²) < 4.78 is 15.6. The Labute approximate surface area is 198 Å². The summed E-state index contributed by atoms with van der Waals surface area (Å²) in [6, 6.07) is 19.5. The Hall–Kier alpha value is -3.49. The molecule has 4 rings (SSSR count). The Morgan fingerprint density at radius 1 is 1.00 bits per heavy atom. The van der Waals surface area contributed by atoms with E-state index in [1.54, 1.807) is 59.2 Å². The highest BCUT2D eigenvalue weighted by atomic mass is 35.5. The van der Waals surface area contributed by atoms with Gasteiger partial charge in [0, 0.05) is 28.9 Å². The summed E-state index contributed by atoms with van der Waals surface area (Å²) in [6.07, 6.45) is 0. The van der Waals surface area contributed by atoms with Crippen LogP contribution >= 0.6 is 23.4 Å². The van der Waals surface area contributed by atoms with E-state index in [0.717, 1.165) is 5.56 Å². The number of anilines is 1. The number of carbonyl (C=O) groups excluding carboxylic acids is 2. The molecule has 33 heavy (non-hydrogen) atoms. The van der Waals surface area contributed by atoms with Crippen LogP contribution in [0.5, 0.6) is 0 Å². The molecule has 1 amide bonds. The van der Waals surface area contributed by atoms with Crippen molar-refractivity contribution in [2.24, 2.45) is 7.05 Å². The highest BCUT2D eigenvalue weighted by Crippen LogP contribution is 2.25. The fourth-order valence-electron chi connectivity index (χ4n) is 3.09. The normalized spacial score (nSPS) is 10.8. The summed E-state index contributed by atoms with van der Waals surface area (Å²) in [7, 11) is 1.82. The van der Waals surface area contributed by atoms with Crippen LogP contribution < -0.4 is 5.32 Å². The first-order valence-electron chi connectivity index (χ1n) is 9.89. The van der Waals surface area contributed by atoms with Gasteiger partial charge in [-0.15, -0.1) is 10.2 Å². The van der Waals surface area contributed by atoms with Crippen LogP contribution in [0.15, 0.2) is 78.0 Å². The minimum Gasteiger partial charge on any atom is -0.322 e. The Morgan fingerprint density at radius 3 is 2.39 bits per heavy atom.